The summed E-state index contributed by atoms with van der Waals surface area (Å²) < 4.78 is 11.8. The molecule has 1 heterocycles. The summed E-state index contributed by atoms with van der Waals surface area (Å²) in [6, 6.07) is 15.7. The number of nitrogens with zero attached hydrogens (tertiary/aromatic N) is 2. The van der Waals surface area contributed by atoms with Crippen LogP contribution in [0.5, 0.6) is 5.75 Å². The van der Waals surface area contributed by atoms with Crippen molar-refractivity contribution in [1.82, 2.24) is 9.78 Å². The molecule has 2 N–H and O–H groups in total. The molecule has 3 rings (SSSR count). The lowest BCUT2D eigenvalue weighted by Gasteiger charge is -2.07. The standard InChI is InChI=1S/C21H20N4O5/c1-14(26)22-15-8-10-16(11-9-15)23-19(27)13-30-21(28)20-18(29-2)12-25(24-20)17-6-4-3-5-7-17/h3-12H,13H2,1-2H3,(H,22,26)(H,23,27). The Labute approximate surface area is 172 Å². The lowest BCUT2D eigenvalue weighted by Crippen LogP contribution is -2.21. The lowest BCUT2D eigenvalue weighted by atomic mass is 10.2. The Morgan fingerprint density at radius 1 is 0.967 bits per heavy atom. The summed E-state index contributed by atoms with van der Waals surface area (Å²) in [6.07, 6.45) is 1.56. The van der Waals surface area contributed by atoms with E-state index in [9.17, 15) is 14.4 Å². The highest BCUT2D eigenvalue weighted by atomic mass is 16.5. The number of hydrogen-bond acceptors (Lipinski definition) is 6. The highest BCUT2D eigenvalue weighted by Gasteiger charge is 2.21. The highest BCUT2D eigenvalue weighted by molar-refractivity contribution is 5.96. The molecule has 0 unspecified atom stereocenters. The van der Waals surface area contributed by atoms with Crippen molar-refractivity contribution >= 4 is 29.2 Å². The number of para-hydroxylation sites is 1. The van der Waals surface area contributed by atoms with Crippen molar-refractivity contribution in [2.75, 3.05) is 24.4 Å². The SMILES string of the molecule is COc1cn(-c2ccccc2)nc1C(=O)OCC(=O)Nc1ccc(NC(C)=O)cc1. The molecule has 0 fully saturated rings. The van der Waals surface area contributed by atoms with Gasteiger partial charge in [0.15, 0.2) is 12.4 Å². The normalized spacial score (nSPS) is 10.2. The zero-order valence-electron chi connectivity index (χ0n) is 16.4. The minimum Gasteiger partial charge on any atom is -0.493 e. The molecule has 9 heteroatoms. The van der Waals surface area contributed by atoms with Crippen LogP contribution in [0.3, 0.4) is 0 Å². The number of ether oxygens (including phenoxy) is 2. The third kappa shape index (κ3) is 5.22. The van der Waals surface area contributed by atoms with Crippen LogP contribution in [0.4, 0.5) is 11.4 Å². The van der Waals surface area contributed by atoms with Gasteiger partial charge >= 0.3 is 5.97 Å². The van der Waals surface area contributed by atoms with Gasteiger partial charge in [-0.05, 0) is 36.4 Å². The molecule has 154 valence electrons. The number of esters is 1. The van der Waals surface area contributed by atoms with Crippen molar-refractivity contribution in [3.63, 3.8) is 0 Å². The van der Waals surface area contributed by atoms with Gasteiger partial charge in [-0.1, -0.05) is 18.2 Å². The summed E-state index contributed by atoms with van der Waals surface area (Å²) in [6.45, 7) is 0.912. The van der Waals surface area contributed by atoms with Gasteiger partial charge in [-0.15, -0.1) is 0 Å². The quantitative estimate of drug-likeness (QED) is 0.582. The first kappa shape index (κ1) is 20.6. The number of carbonyl (C=O) groups excluding carboxylic acids is 3. The number of rotatable bonds is 7. The van der Waals surface area contributed by atoms with Crippen LogP contribution in [-0.4, -0.2) is 41.3 Å². The van der Waals surface area contributed by atoms with E-state index >= 15 is 0 Å². The smallest absolute Gasteiger partial charge is 0.363 e. The summed E-state index contributed by atoms with van der Waals surface area (Å²) >= 11 is 0. The molecular weight excluding hydrogens is 388 g/mol. The number of carbonyl (C=O) groups is 3. The molecule has 0 radical (unpaired) electrons. The van der Waals surface area contributed by atoms with Crippen LogP contribution in [0.2, 0.25) is 0 Å². The largest absolute Gasteiger partial charge is 0.493 e. The van der Waals surface area contributed by atoms with Gasteiger partial charge in [-0.25, -0.2) is 9.48 Å². The highest BCUT2D eigenvalue weighted by Crippen LogP contribution is 2.20. The van der Waals surface area contributed by atoms with Crippen LogP contribution in [0.15, 0.2) is 60.8 Å². The Hall–Kier alpha value is -4.14. The first-order chi connectivity index (χ1) is 14.5. The van der Waals surface area contributed by atoms with Crippen LogP contribution in [0.25, 0.3) is 5.69 Å². The van der Waals surface area contributed by atoms with Crippen molar-refractivity contribution in [2.24, 2.45) is 0 Å². The average molecular weight is 408 g/mol. The Balaban J connectivity index is 1.59. The van der Waals surface area contributed by atoms with Gasteiger partial charge in [0.1, 0.15) is 0 Å². The first-order valence-corrected chi connectivity index (χ1v) is 9.00. The molecule has 0 atom stereocenters. The fourth-order valence-electron chi connectivity index (χ4n) is 2.60. The summed E-state index contributed by atoms with van der Waals surface area (Å²) in [4.78, 5) is 35.5. The third-order valence-electron chi connectivity index (χ3n) is 3.94. The Kier molecular flexibility index (Phi) is 6.43. The van der Waals surface area contributed by atoms with Gasteiger partial charge in [0.25, 0.3) is 5.91 Å². The number of nitrogens with one attached hydrogen (secondary N) is 2. The molecule has 0 aliphatic heterocycles. The second-order valence-electron chi connectivity index (χ2n) is 6.21. The maximum Gasteiger partial charge on any atom is 0.363 e. The van der Waals surface area contributed by atoms with Crippen LogP contribution in [-0.2, 0) is 14.3 Å². The number of anilines is 2. The number of amides is 2. The van der Waals surface area contributed by atoms with Crippen molar-refractivity contribution < 1.29 is 23.9 Å². The average Bonchev–Trinajstić information content (AvgIpc) is 3.18. The predicted molar refractivity (Wildman–Crippen MR) is 110 cm³/mol. The van der Waals surface area contributed by atoms with Crippen LogP contribution in [0, 0.1) is 0 Å². The molecule has 0 bridgehead atoms. The third-order valence-corrected chi connectivity index (χ3v) is 3.94. The number of methoxy groups -OCH3 is 1. The van der Waals surface area contributed by atoms with E-state index in [1.54, 1.807) is 30.5 Å². The monoisotopic (exact) mass is 408 g/mol. The van der Waals surface area contributed by atoms with Crippen molar-refractivity contribution in [1.29, 1.82) is 0 Å². The van der Waals surface area contributed by atoms with E-state index in [-0.39, 0.29) is 17.4 Å². The molecule has 0 saturated carbocycles. The van der Waals surface area contributed by atoms with E-state index in [4.69, 9.17) is 9.47 Å². The van der Waals surface area contributed by atoms with E-state index < -0.39 is 18.5 Å². The second kappa shape index (κ2) is 9.37. The molecule has 30 heavy (non-hydrogen) atoms. The molecule has 0 aliphatic rings. The molecular formula is C21H20N4O5. The van der Waals surface area contributed by atoms with Crippen LogP contribution < -0.4 is 15.4 Å². The summed E-state index contributed by atoms with van der Waals surface area (Å²) in [5, 5.41) is 9.43. The number of hydrogen-bond donors (Lipinski definition) is 2. The van der Waals surface area contributed by atoms with Gasteiger partial charge in [-0.2, -0.15) is 5.10 Å². The Bertz CT molecular complexity index is 1050. The predicted octanol–water partition coefficient (Wildman–Crippen LogP) is 2.63. The lowest BCUT2D eigenvalue weighted by molar-refractivity contribution is -0.119. The van der Waals surface area contributed by atoms with E-state index in [2.05, 4.69) is 15.7 Å². The van der Waals surface area contributed by atoms with Crippen molar-refractivity contribution in [3.8, 4) is 11.4 Å². The molecule has 0 spiro atoms. The minimum atomic E-state index is -0.780. The minimum absolute atomic E-state index is 0.0335. The molecule has 9 nitrogen and oxygen atoms in total. The zero-order valence-corrected chi connectivity index (χ0v) is 16.4. The van der Waals surface area contributed by atoms with E-state index in [0.717, 1.165) is 5.69 Å². The van der Waals surface area contributed by atoms with Crippen molar-refractivity contribution in [2.45, 2.75) is 6.92 Å². The van der Waals surface area contributed by atoms with E-state index in [0.29, 0.717) is 11.4 Å². The maximum atomic E-state index is 12.4. The number of benzene rings is 2. The van der Waals surface area contributed by atoms with E-state index in [1.165, 1.54) is 18.7 Å². The molecule has 2 aromatic carbocycles. The zero-order chi connectivity index (χ0) is 21.5. The van der Waals surface area contributed by atoms with Gasteiger partial charge in [-0.3, -0.25) is 9.59 Å². The molecule has 0 aliphatic carbocycles. The van der Waals surface area contributed by atoms with Crippen LogP contribution >= 0.6 is 0 Å². The molecule has 2 amide bonds. The van der Waals surface area contributed by atoms with Gasteiger partial charge < -0.3 is 20.1 Å². The fourth-order valence-corrected chi connectivity index (χ4v) is 2.60. The summed E-state index contributed by atoms with van der Waals surface area (Å²) in [5.41, 5.74) is 1.81. The molecule has 3 aromatic rings. The van der Waals surface area contributed by atoms with Gasteiger partial charge in [0.2, 0.25) is 11.6 Å². The Morgan fingerprint density at radius 3 is 2.20 bits per heavy atom. The summed E-state index contributed by atoms with van der Waals surface area (Å²) in [7, 11) is 1.42. The first-order valence-electron chi connectivity index (χ1n) is 9.00. The summed E-state index contributed by atoms with van der Waals surface area (Å²) in [5.74, 6) is -1.25. The van der Waals surface area contributed by atoms with Gasteiger partial charge in [0.05, 0.1) is 19.0 Å². The molecule has 1 aromatic heterocycles. The van der Waals surface area contributed by atoms with Gasteiger partial charge in [0, 0.05) is 18.3 Å². The van der Waals surface area contributed by atoms with Crippen LogP contribution in [0.1, 0.15) is 17.4 Å². The topological polar surface area (TPSA) is 112 Å². The maximum absolute atomic E-state index is 12.4. The second-order valence-corrected chi connectivity index (χ2v) is 6.21. The fraction of sp³-hybridized carbons (Fsp3) is 0.143. The Morgan fingerprint density at radius 2 is 1.60 bits per heavy atom. The number of aromatic nitrogens is 2. The van der Waals surface area contributed by atoms with E-state index in [1.807, 2.05) is 30.3 Å². The molecule has 0 saturated heterocycles. The van der Waals surface area contributed by atoms with Crippen molar-refractivity contribution in [3.05, 3.63) is 66.5 Å².